The topological polar surface area (TPSA) is 71.8 Å². The van der Waals surface area contributed by atoms with E-state index in [1.807, 2.05) is 38.1 Å². The first-order chi connectivity index (χ1) is 12.6. The van der Waals surface area contributed by atoms with Crippen LogP contribution in [0.3, 0.4) is 0 Å². The zero-order valence-corrected chi connectivity index (χ0v) is 15.1. The molecule has 0 radical (unpaired) electrons. The number of carbonyl (C=O) groups is 1. The third-order valence-corrected chi connectivity index (χ3v) is 4.92. The molecule has 6 nitrogen and oxygen atoms in total. The predicted octanol–water partition coefficient (Wildman–Crippen LogP) is 3.22. The summed E-state index contributed by atoms with van der Waals surface area (Å²) in [5, 5.41) is 12.2. The Balaban J connectivity index is 1.61. The minimum atomic E-state index is -0.193. The molecule has 1 saturated heterocycles. The molecule has 1 amide bonds. The number of carbonyl (C=O) groups excluding carboxylic acids is 1. The van der Waals surface area contributed by atoms with Crippen molar-refractivity contribution in [2.24, 2.45) is 0 Å². The van der Waals surface area contributed by atoms with Crippen LogP contribution in [-0.4, -0.2) is 33.8 Å². The van der Waals surface area contributed by atoms with Crippen molar-refractivity contribution in [3.05, 3.63) is 53.5 Å². The lowest BCUT2D eigenvalue weighted by atomic mass is 10.1. The number of aromatic nitrogens is 3. The molecule has 0 spiro atoms. The predicted molar refractivity (Wildman–Crippen MR) is 103 cm³/mol. The largest absolute Gasteiger partial charge is 0.320 e. The van der Waals surface area contributed by atoms with Gasteiger partial charge < -0.3 is 10.6 Å². The van der Waals surface area contributed by atoms with Gasteiger partial charge in [0.05, 0.1) is 11.6 Å². The molecule has 134 valence electrons. The molecule has 1 fully saturated rings. The SMILES string of the molecule is Cc1cccc(C(=O)Nc2cc3cn(C4CCNCC4)nc3cc2C)n1. The summed E-state index contributed by atoms with van der Waals surface area (Å²) < 4.78 is 2.08. The van der Waals surface area contributed by atoms with Crippen LogP contribution in [0.1, 0.15) is 40.6 Å². The van der Waals surface area contributed by atoms with E-state index in [0.29, 0.717) is 11.7 Å². The molecule has 4 rings (SSSR count). The standard InChI is InChI=1S/C20H23N5O/c1-13-10-19-15(12-25(24-19)16-6-8-21-9-7-16)11-18(13)23-20(26)17-5-3-4-14(2)22-17/h3-5,10-12,16,21H,6-9H2,1-2H3,(H,23,26). The number of fused-ring (bicyclic) bond motifs is 1. The van der Waals surface area contributed by atoms with Gasteiger partial charge in [-0.05, 0) is 69.6 Å². The summed E-state index contributed by atoms with van der Waals surface area (Å²) in [5.74, 6) is -0.193. The Morgan fingerprint density at radius 2 is 2.04 bits per heavy atom. The number of rotatable bonds is 3. The highest BCUT2D eigenvalue weighted by atomic mass is 16.1. The van der Waals surface area contributed by atoms with Gasteiger partial charge in [0, 0.05) is 23.0 Å². The van der Waals surface area contributed by atoms with Crippen molar-refractivity contribution >= 4 is 22.5 Å². The van der Waals surface area contributed by atoms with E-state index in [9.17, 15) is 4.79 Å². The molecule has 0 unspecified atom stereocenters. The van der Waals surface area contributed by atoms with Crippen molar-refractivity contribution < 1.29 is 4.79 Å². The highest BCUT2D eigenvalue weighted by Crippen LogP contribution is 2.26. The minimum absolute atomic E-state index is 0.193. The van der Waals surface area contributed by atoms with E-state index >= 15 is 0 Å². The Bertz CT molecular complexity index is 956. The zero-order valence-electron chi connectivity index (χ0n) is 15.1. The van der Waals surface area contributed by atoms with Gasteiger partial charge in [-0.2, -0.15) is 5.10 Å². The second-order valence-electron chi connectivity index (χ2n) is 6.93. The van der Waals surface area contributed by atoms with Crippen LogP contribution in [0.4, 0.5) is 5.69 Å². The second-order valence-corrected chi connectivity index (χ2v) is 6.93. The fourth-order valence-electron chi connectivity index (χ4n) is 3.44. The quantitative estimate of drug-likeness (QED) is 0.761. The molecular weight excluding hydrogens is 326 g/mol. The molecule has 0 aliphatic carbocycles. The summed E-state index contributed by atoms with van der Waals surface area (Å²) in [6.07, 6.45) is 4.27. The van der Waals surface area contributed by atoms with Crippen LogP contribution in [0.5, 0.6) is 0 Å². The lowest BCUT2D eigenvalue weighted by molar-refractivity contribution is 0.102. The van der Waals surface area contributed by atoms with Gasteiger partial charge in [0.1, 0.15) is 5.69 Å². The number of aryl methyl sites for hydroxylation is 2. The number of benzene rings is 1. The Labute approximate surface area is 152 Å². The van der Waals surface area contributed by atoms with Crippen LogP contribution >= 0.6 is 0 Å². The van der Waals surface area contributed by atoms with E-state index in [1.165, 1.54) is 0 Å². The summed E-state index contributed by atoms with van der Waals surface area (Å²) >= 11 is 0. The maximum absolute atomic E-state index is 12.5. The monoisotopic (exact) mass is 349 g/mol. The number of nitrogens with one attached hydrogen (secondary N) is 2. The van der Waals surface area contributed by atoms with Gasteiger partial charge in [-0.3, -0.25) is 9.48 Å². The first kappa shape index (κ1) is 16.7. The second kappa shape index (κ2) is 6.88. The molecule has 1 aliphatic heterocycles. The van der Waals surface area contributed by atoms with Crippen LogP contribution in [0, 0.1) is 13.8 Å². The molecule has 6 heteroatoms. The maximum atomic E-state index is 12.5. The molecule has 0 atom stereocenters. The van der Waals surface area contributed by atoms with E-state index < -0.39 is 0 Å². The van der Waals surface area contributed by atoms with Crippen LogP contribution < -0.4 is 10.6 Å². The molecule has 1 aliphatic rings. The van der Waals surface area contributed by atoms with Crippen molar-refractivity contribution in [1.29, 1.82) is 0 Å². The Morgan fingerprint density at radius 3 is 2.81 bits per heavy atom. The van der Waals surface area contributed by atoms with Crippen LogP contribution in [0.2, 0.25) is 0 Å². The molecule has 1 aromatic carbocycles. The molecule has 0 saturated carbocycles. The first-order valence-electron chi connectivity index (χ1n) is 9.05. The van der Waals surface area contributed by atoms with Crippen molar-refractivity contribution in [1.82, 2.24) is 20.1 Å². The van der Waals surface area contributed by atoms with Crippen molar-refractivity contribution in [3.63, 3.8) is 0 Å². The Morgan fingerprint density at radius 1 is 1.23 bits per heavy atom. The Hall–Kier alpha value is -2.73. The summed E-state index contributed by atoms with van der Waals surface area (Å²) in [4.78, 5) is 16.8. The fraction of sp³-hybridized carbons (Fsp3) is 0.350. The van der Waals surface area contributed by atoms with E-state index in [-0.39, 0.29) is 5.91 Å². The fourth-order valence-corrected chi connectivity index (χ4v) is 3.44. The van der Waals surface area contributed by atoms with E-state index in [2.05, 4.69) is 26.5 Å². The molecule has 26 heavy (non-hydrogen) atoms. The van der Waals surface area contributed by atoms with Gasteiger partial charge in [-0.1, -0.05) is 6.07 Å². The third kappa shape index (κ3) is 3.32. The maximum Gasteiger partial charge on any atom is 0.274 e. The van der Waals surface area contributed by atoms with Crippen molar-refractivity contribution in [2.75, 3.05) is 18.4 Å². The van der Waals surface area contributed by atoms with Gasteiger partial charge in [-0.25, -0.2) is 4.98 Å². The van der Waals surface area contributed by atoms with E-state index in [4.69, 9.17) is 5.10 Å². The minimum Gasteiger partial charge on any atom is -0.320 e. The van der Waals surface area contributed by atoms with E-state index in [1.54, 1.807) is 6.07 Å². The molecular formula is C20H23N5O. The summed E-state index contributed by atoms with van der Waals surface area (Å²) in [6.45, 7) is 5.93. The van der Waals surface area contributed by atoms with Crippen LogP contribution in [0.15, 0.2) is 36.5 Å². The average molecular weight is 349 g/mol. The number of nitrogens with zero attached hydrogens (tertiary/aromatic N) is 3. The van der Waals surface area contributed by atoms with Crippen molar-refractivity contribution in [2.45, 2.75) is 32.7 Å². The van der Waals surface area contributed by atoms with Gasteiger partial charge in [0.2, 0.25) is 0 Å². The molecule has 3 heterocycles. The lowest BCUT2D eigenvalue weighted by Gasteiger charge is -2.22. The van der Waals surface area contributed by atoms with Gasteiger partial charge in [0.15, 0.2) is 0 Å². The third-order valence-electron chi connectivity index (χ3n) is 4.92. The number of hydrogen-bond acceptors (Lipinski definition) is 4. The van der Waals surface area contributed by atoms with Gasteiger partial charge in [-0.15, -0.1) is 0 Å². The lowest BCUT2D eigenvalue weighted by Crippen LogP contribution is -2.29. The normalized spacial score (nSPS) is 15.3. The van der Waals surface area contributed by atoms with E-state index in [0.717, 1.165) is 53.8 Å². The van der Waals surface area contributed by atoms with Gasteiger partial charge in [0.25, 0.3) is 5.91 Å². The highest BCUT2D eigenvalue weighted by Gasteiger charge is 2.17. The Kier molecular flexibility index (Phi) is 4.42. The number of anilines is 1. The smallest absolute Gasteiger partial charge is 0.274 e. The molecule has 2 N–H and O–H groups in total. The average Bonchev–Trinajstić information content (AvgIpc) is 3.05. The van der Waals surface area contributed by atoms with Gasteiger partial charge >= 0.3 is 0 Å². The van der Waals surface area contributed by atoms with Crippen molar-refractivity contribution in [3.8, 4) is 0 Å². The number of pyridine rings is 1. The van der Waals surface area contributed by atoms with Crippen LogP contribution in [0.25, 0.3) is 10.9 Å². The van der Waals surface area contributed by atoms with Crippen LogP contribution in [-0.2, 0) is 0 Å². The molecule has 0 bridgehead atoms. The first-order valence-corrected chi connectivity index (χ1v) is 9.05. The number of amides is 1. The summed E-state index contributed by atoms with van der Waals surface area (Å²) in [7, 11) is 0. The summed E-state index contributed by atoms with van der Waals surface area (Å²) in [6, 6.07) is 9.93. The summed E-state index contributed by atoms with van der Waals surface area (Å²) in [5.41, 5.74) is 4.01. The molecule has 2 aromatic heterocycles. The molecule has 3 aromatic rings. The highest BCUT2D eigenvalue weighted by molar-refractivity contribution is 6.04. The number of piperidine rings is 1. The number of hydrogen-bond donors (Lipinski definition) is 2. The zero-order chi connectivity index (χ0) is 18.1.